The molecule has 11 heteroatoms. The first-order valence-electron chi connectivity index (χ1n) is 15.5. The van der Waals surface area contributed by atoms with Gasteiger partial charge in [0.15, 0.2) is 11.5 Å². The van der Waals surface area contributed by atoms with Crippen LogP contribution < -0.4 is 0 Å². The van der Waals surface area contributed by atoms with Gasteiger partial charge in [-0.2, -0.15) is 13.2 Å². The highest BCUT2D eigenvalue weighted by Gasteiger charge is 2.82. The molecule has 4 saturated heterocycles. The highest BCUT2D eigenvalue weighted by atomic mass is 19.4. The van der Waals surface area contributed by atoms with E-state index in [1.165, 1.54) is 0 Å². The van der Waals surface area contributed by atoms with E-state index in [2.05, 4.69) is 39.5 Å². The fraction of sp³-hybridized carbons (Fsp3) is 0.812. The second-order valence-electron chi connectivity index (χ2n) is 15.4. The van der Waals surface area contributed by atoms with Gasteiger partial charge in [-0.3, -0.25) is 14.4 Å². The van der Waals surface area contributed by atoms with Crippen molar-refractivity contribution in [2.24, 2.45) is 45.8 Å². The number of carboxylic acids is 1. The highest BCUT2D eigenvalue weighted by Crippen LogP contribution is 2.78. The molecule has 0 unspecified atom stereocenters. The fourth-order valence-corrected chi connectivity index (χ4v) is 11.3. The van der Waals surface area contributed by atoms with Gasteiger partial charge in [0.2, 0.25) is 0 Å². The number of piperidine rings is 1. The summed E-state index contributed by atoms with van der Waals surface area (Å²) in [5, 5.41) is 7.12. The van der Waals surface area contributed by atoms with E-state index in [0.29, 0.717) is 12.3 Å². The minimum atomic E-state index is -5.08. The maximum absolute atomic E-state index is 14.4. The van der Waals surface area contributed by atoms with Crippen LogP contribution in [0.25, 0.3) is 0 Å². The number of esters is 1. The second kappa shape index (κ2) is 9.14. The number of hydrogen-bond donors (Lipinski definition) is 1. The first-order valence-corrected chi connectivity index (χ1v) is 15.5. The van der Waals surface area contributed by atoms with E-state index in [4.69, 9.17) is 19.4 Å². The van der Waals surface area contributed by atoms with Crippen molar-refractivity contribution < 1.29 is 46.9 Å². The zero-order chi connectivity index (χ0) is 31.7. The normalized spacial score (nSPS) is 50.2. The standard InChI is InChI=1S/C30H41NO5.C2HF3O2/c1-16-10-20-23(21(32)11-16)18(3)24(34)25-26(20,4)15-30-28(6,27(25,5)13-22(33)36-30)7-8-29-12-17(2)9-19(35-29)14-31(29)30;3-2(4,5)1(6)7/h11,17-20,23,25H,7-10,12-15H2,1-6H3;(H,6,7)/t17-,18+,19+,20+,23-,25-,26-,27-,28-,29-,30+;/m0./s1. The number of alkyl halides is 3. The quantitative estimate of drug-likeness (QED) is 0.369. The summed E-state index contributed by atoms with van der Waals surface area (Å²) >= 11 is 0. The molecule has 1 N–H and O–H groups in total. The van der Waals surface area contributed by atoms with E-state index in [9.17, 15) is 27.6 Å². The summed E-state index contributed by atoms with van der Waals surface area (Å²) in [7, 11) is 0. The van der Waals surface area contributed by atoms with Crippen molar-refractivity contribution in [2.75, 3.05) is 6.54 Å². The summed E-state index contributed by atoms with van der Waals surface area (Å²) in [5.74, 6) is -2.86. The Labute approximate surface area is 249 Å². The summed E-state index contributed by atoms with van der Waals surface area (Å²) in [6, 6.07) is 0. The van der Waals surface area contributed by atoms with Gasteiger partial charge < -0.3 is 14.6 Å². The molecule has 7 aliphatic rings. The lowest BCUT2D eigenvalue weighted by Gasteiger charge is -2.76. The zero-order valence-corrected chi connectivity index (χ0v) is 25.7. The van der Waals surface area contributed by atoms with Crippen molar-refractivity contribution in [2.45, 2.75) is 110 Å². The van der Waals surface area contributed by atoms with Crippen molar-refractivity contribution in [1.29, 1.82) is 0 Å². The predicted octanol–water partition coefficient (Wildman–Crippen LogP) is 5.29. The lowest BCUT2D eigenvalue weighted by molar-refractivity contribution is -0.379. The van der Waals surface area contributed by atoms with Gasteiger partial charge in [-0.05, 0) is 67.8 Å². The Morgan fingerprint density at radius 3 is 2.40 bits per heavy atom. The number of aliphatic carboxylic acids is 1. The smallest absolute Gasteiger partial charge is 0.475 e. The maximum Gasteiger partial charge on any atom is 0.490 e. The van der Waals surface area contributed by atoms with Gasteiger partial charge in [-0.15, -0.1) is 0 Å². The maximum atomic E-state index is 14.4. The molecule has 4 bridgehead atoms. The number of ketones is 2. The third-order valence-electron chi connectivity index (χ3n) is 12.9. The molecule has 0 amide bonds. The van der Waals surface area contributed by atoms with Gasteiger partial charge in [0.1, 0.15) is 11.5 Å². The Hall–Kier alpha value is -2.27. The lowest BCUT2D eigenvalue weighted by atomic mass is 9.33. The molecule has 4 heterocycles. The molecule has 8 nitrogen and oxygen atoms in total. The number of carboxylic acid groups (broad SMARTS) is 1. The number of carbonyl (C=O) groups excluding carboxylic acids is 3. The van der Waals surface area contributed by atoms with Crippen LogP contribution in [0.1, 0.15) is 86.5 Å². The van der Waals surface area contributed by atoms with Crippen LogP contribution in [-0.2, 0) is 28.7 Å². The predicted molar refractivity (Wildman–Crippen MR) is 146 cm³/mol. The molecule has 0 aromatic heterocycles. The zero-order valence-electron chi connectivity index (χ0n) is 25.7. The molecule has 43 heavy (non-hydrogen) atoms. The van der Waals surface area contributed by atoms with Crippen LogP contribution in [0.15, 0.2) is 11.6 Å². The summed E-state index contributed by atoms with van der Waals surface area (Å²) in [5.41, 5.74) is -1.44. The van der Waals surface area contributed by atoms with Crippen LogP contribution in [0.2, 0.25) is 0 Å². The molecular weight excluding hydrogens is 567 g/mol. The summed E-state index contributed by atoms with van der Waals surface area (Å²) in [6.45, 7) is 13.9. The third-order valence-corrected chi connectivity index (χ3v) is 12.9. The fourth-order valence-electron chi connectivity index (χ4n) is 11.3. The van der Waals surface area contributed by atoms with Crippen LogP contribution in [0.3, 0.4) is 0 Å². The summed E-state index contributed by atoms with van der Waals surface area (Å²) < 4.78 is 45.2. The van der Waals surface area contributed by atoms with E-state index < -0.39 is 34.4 Å². The van der Waals surface area contributed by atoms with Gasteiger partial charge in [-0.1, -0.05) is 40.2 Å². The molecular formula is C32H42F3NO7. The first kappa shape index (κ1) is 30.7. The molecule has 238 valence electrons. The Morgan fingerprint density at radius 1 is 1.12 bits per heavy atom. The average molecular weight is 610 g/mol. The molecule has 3 aliphatic carbocycles. The van der Waals surface area contributed by atoms with E-state index in [0.717, 1.165) is 44.2 Å². The van der Waals surface area contributed by atoms with Gasteiger partial charge in [0.25, 0.3) is 0 Å². The third kappa shape index (κ3) is 3.88. The monoisotopic (exact) mass is 609 g/mol. The summed E-state index contributed by atoms with van der Waals surface area (Å²) in [4.78, 5) is 52.6. The highest BCUT2D eigenvalue weighted by molar-refractivity contribution is 6.00. The van der Waals surface area contributed by atoms with Crippen LogP contribution >= 0.6 is 0 Å². The SMILES string of the molecule is CC1=CC(=O)[C@@H]2[C@@H](C1)[C@]1(C)C[C@@]34OC(=O)C[C@@](C)([C@H]1C(=O)[C@@H]2C)[C@]3(C)CC[C@]12C[C@@H](C)C[C@H](CN14)O2.O=C(O)C(F)(F)F. The molecule has 6 fully saturated rings. The Bertz CT molecular complexity index is 1330. The Kier molecular flexibility index (Phi) is 6.54. The molecule has 0 aromatic carbocycles. The summed E-state index contributed by atoms with van der Waals surface area (Å²) in [6.07, 6.45) is 2.35. The molecule has 4 aliphatic heterocycles. The topological polar surface area (TPSA) is 110 Å². The number of carbonyl (C=O) groups is 4. The van der Waals surface area contributed by atoms with Crippen molar-refractivity contribution in [1.82, 2.24) is 4.90 Å². The van der Waals surface area contributed by atoms with Crippen molar-refractivity contribution in [3.63, 3.8) is 0 Å². The van der Waals surface area contributed by atoms with Crippen molar-refractivity contribution >= 4 is 23.5 Å². The molecule has 1 spiro atoms. The first-order chi connectivity index (χ1) is 19.7. The van der Waals surface area contributed by atoms with E-state index >= 15 is 0 Å². The molecule has 7 rings (SSSR count). The molecule has 0 radical (unpaired) electrons. The number of nitrogens with zero attached hydrogens (tertiary/aromatic N) is 1. The molecule has 11 atom stereocenters. The number of hydrogen-bond acceptors (Lipinski definition) is 7. The van der Waals surface area contributed by atoms with Gasteiger partial charge >= 0.3 is 18.1 Å². The molecule has 2 saturated carbocycles. The lowest BCUT2D eigenvalue weighted by Crippen LogP contribution is -2.83. The minimum Gasteiger partial charge on any atom is -0.475 e. The van der Waals surface area contributed by atoms with E-state index in [-0.39, 0.29) is 59.1 Å². The van der Waals surface area contributed by atoms with Crippen molar-refractivity contribution in [3.05, 3.63) is 11.6 Å². The largest absolute Gasteiger partial charge is 0.490 e. The number of allylic oxidation sites excluding steroid dienone is 2. The minimum absolute atomic E-state index is 0.0740. The molecule has 0 aromatic rings. The average Bonchev–Trinajstić information content (AvgIpc) is 3.14. The van der Waals surface area contributed by atoms with Gasteiger partial charge in [0, 0.05) is 36.1 Å². The van der Waals surface area contributed by atoms with Crippen LogP contribution in [0.4, 0.5) is 13.2 Å². The van der Waals surface area contributed by atoms with E-state index in [1.54, 1.807) is 6.08 Å². The number of fused-ring (bicyclic) bond motifs is 5. The number of rotatable bonds is 0. The van der Waals surface area contributed by atoms with Crippen LogP contribution in [-0.4, -0.2) is 63.8 Å². The van der Waals surface area contributed by atoms with Crippen LogP contribution in [0.5, 0.6) is 0 Å². The number of Topliss-reactive ketones (excluding diaryl/α,β-unsaturated/α-hetero) is 1. The van der Waals surface area contributed by atoms with Crippen LogP contribution in [0, 0.1) is 45.8 Å². The number of ether oxygens (including phenoxy) is 2. The number of halogens is 3. The second-order valence-corrected chi connectivity index (χ2v) is 15.4. The van der Waals surface area contributed by atoms with Gasteiger partial charge in [0.05, 0.1) is 12.5 Å². The Balaban J connectivity index is 0.000000423. The van der Waals surface area contributed by atoms with Crippen molar-refractivity contribution in [3.8, 4) is 0 Å². The Morgan fingerprint density at radius 2 is 1.77 bits per heavy atom. The van der Waals surface area contributed by atoms with Gasteiger partial charge in [-0.25, -0.2) is 9.69 Å². The van der Waals surface area contributed by atoms with E-state index in [1.807, 2.05) is 6.92 Å².